The molecule has 0 atom stereocenters. The van der Waals surface area contributed by atoms with Gasteiger partial charge in [-0.3, -0.25) is 4.79 Å². The Labute approximate surface area is 145 Å². The lowest BCUT2D eigenvalue weighted by Gasteiger charge is -2.19. The quantitative estimate of drug-likeness (QED) is 0.734. The molecule has 0 bridgehead atoms. The molecule has 0 saturated carbocycles. The van der Waals surface area contributed by atoms with E-state index in [2.05, 4.69) is 15.9 Å². The number of hydrogen-bond donors (Lipinski definition) is 0. The smallest absolute Gasteiger partial charge is 0.260 e. The molecule has 0 spiro atoms. The molecule has 5 heteroatoms. The highest BCUT2D eigenvalue weighted by atomic mass is 79.9. The van der Waals surface area contributed by atoms with Crippen molar-refractivity contribution in [2.24, 2.45) is 0 Å². The van der Waals surface area contributed by atoms with Crippen molar-refractivity contribution in [2.75, 3.05) is 20.3 Å². The van der Waals surface area contributed by atoms with Crippen molar-refractivity contribution < 1.29 is 14.3 Å². The zero-order chi connectivity index (χ0) is 16.7. The number of ether oxygens (including phenoxy) is 2. The van der Waals surface area contributed by atoms with Gasteiger partial charge in [-0.25, -0.2) is 0 Å². The minimum atomic E-state index is -0.0907. The van der Waals surface area contributed by atoms with Crippen molar-refractivity contribution in [3.8, 4) is 11.5 Å². The van der Waals surface area contributed by atoms with E-state index in [-0.39, 0.29) is 12.5 Å². The van der Waals surface area contributed by atoms with E-state index in [0.717, 1.165) is 10.0 Å². The van der Waals surface area contributed by atoms with E-state index in [1.807, 2.05) is 49.4 Å². The first kappa shape index (κ1) is 17.3. The fourth-order valence-corrected chi connectivity index (χ4v) is 2.47. The fourth-order valence-electron chi connectivity index (χ4n) is 2.06. The molecule has 0 aliphatic carbocycles. The number of carbonyl (C=O) groups is 1. The van der Waals surface area contributed by atoms with Crippen LogP contribution in [0.4, 0.5) is 0 Å². The van der Waals surface area contributed by atoms with Gasteiger partial charge in [-0.2, -0.15) is 0 Å². The fraction of sp³-hybridized carbons (Fsp3) is 0.278. The van der Waals surface area contributed by atoms with E-state index in [9.17, 15) is 4.79 Å². The number of carbonyl (C=O) groups excluding carboxylic acids is 1. The number of hydrogen-bond acceptors (Lipinski definition) is 3. The highest BCUT2D eigenvalue weighted by molar-refractivity contribution is 9.10. The molecule has 0 unspecified atom stereocenters. The summed E-state index contributed by atoms with van der Waals surface area (Å²) in [5.74, 6) is 1.14. The van der Waals surface area contributed by atoms with Crippen molar-refractivity contribution >= 4 is 21.8 Å². The van der Waals surface area contributed by atoms with Gasteiger partial charge in [0, 0.05) is 18.1 Å². The van der Waals surface area contributed by atoms with Crippen LogP contribution in [0.15, 0.2) is 53.0 Å². The van der Waals surface area contributed by atoms with Gasteiger partial charge in [0.2, 0.25) is 0 Å². The van der Waals surface area contributed by atoms with Crippen molar-refractivity contribution in [2.45, 2.75) is 13.5 Å². The molecule has 23 heavy (non-hydrogen) atoms. The predicted molar refractivity (Wildman–Crippen MR) is 93.7 cm³/mol. The zero-order valence-corrected chi connectivity index (χ0v) is 14.9. The second kappa shape index (κ2) is 8.58. The van der Waals surface area contributed by atoms with Crippen LogP contribution in [0.3, 0.4) is 0 Å². The summed E-state index contributed by atoms with van der Waals surface area (Å²) >= 11 is 3.49. The van der Waals surface area contributed by atoms with Crippen molar-refractivity contribution in [1.82, 2.24) is 4.90 Å². The summed E-state index contributed by atoms with van der Waals surface area (Å²) in [6.45, 7) is 2.96. The Balaban J connectivity index is 1.93. The van der Waals surface area contributed by atoms with Gasteiger partial charge in [-0.15, -0.1) is 0 Å². The Morgan fingerprint density at radius 2 is 1.65 bits per heavy atom. The lowest BCUT2D eigenvalue weighted by atomic mass is 10.2. The van der Waals surface area contributed by atoms with Crippen LogP contribution in [0.25, 0.3) is 0 Å². The Morgan fingerprint density at radius 1 is 1.04 bits per heavy atom. The standard InChI is InChI=1S/C18H20BrNO3/c1-3-22-16-10-6-7-11-17(16)23-13-18(21)20(2)12-14-8-4-5-9-15(14)19/h4-11H,3,12-13H2,1-2H3. The monoisotopic (exact) mass is 377 g/mol. The van der Waals surface area contributed by atoms with E-state index < -0.39 is 0 Å². The molecule has 0 saturated heterocycles. The average molecular weight is 378 g/mol. The molecular weight excluding hydrogens is 358 g/mol. The van der Waals surface area contributed by atoms with Crippen LogP contribution in [0.5, 0.6) is 11.5 Å². The van der Waals surface area contributed by atoms with E-state index in [4.69, 9.17) is 9.47 Å². The molecule has 4 nitrogen and oxygen atoms in total. The lowest BCUT2D eigenvalue weighted by Crippen LogP contribution is -2.31. The second-order valence-electron chi connectivity index (χ2n) is 5.01. The molecule has 122 valence electrons. The molecule has 0 N–H and O–H groups in total. The Kier molecular flexibility index (Phi) is 6.47. The topological polar surface area (TPSA) is 38.8 Å². The lowest BCUT2D eigenvalue weighted by molar-refractivity contribution is -0.132. The first-order chi connectivity index (χ1) is 11.1. The Bertz CT molecular complexity index is 660. The van der Waals surface area contributed by atoms with Crippen LogP contribution in [0, 0.1) is 0 Å². The number of halogens is 1. The predicted octanol–water partition coefficient (Wildman–Crippen LogP) is 3.89. The molecule has 0 aliphatic rings. The third kappa shape index (κ3) is 4.99. The summed E-state index contributed by atoms with van der Waals surface area (Å²) in [6, 6.07) is 15.2. The maximum Gasteiger partial charge on any atom is 0.260 e. The molecule has 0 aromatic heterocycles. The average Bonchev–Trinajstić information content (AvgIpc) is 2.56. The number of para-hydroxylation sites is 2. The maximum absolute atomic E-state index is 12.2. The van der Waals surface area contributed by atoms with E-state index >= 15 is 0 Å². The van der Waals surface area contributed by atoms with Gasteiger partial charge < -0.3 is 14.4 Å². The number of likely N-dealkylation sites (N-methyl/N-ethyl adjacent to an activating group) is 1. The van der Waals surface area contributed by atoms with Crippen LogP contribution in [-0.4, -0.2) is 31.1 Å². The molecule has 2 rings (SSSR count). The van der Waals surface area contributed by atoms with Gasteiger partial charge in [-0.1, -0.05) is 46.3 Å². The van der Waals surface area contributed by atoms with Gasteiger partial charge in [0.05, 0.1) is 6.61 Å². The van der Waals surface area contributed by atoms with Gasteiger partial charge >= 0.3 is 0 Å². The first-order valence-corrected chi connectivity index (χ1v) is 8.23. The van der Waals surface area contributed by atoms with E-state index in [0.29, 0.717) is 24.7 Å². The largest absolute Gasteiger partial charge is 0.490 e. The van der Waals surface area contributed by atoms with Crippen molar-refractivity contribution in [1.29, 1.82) is 0 Å². The Hall–Kier alpha value is -2.01. The van der Waals surface area contributed by atoms with Gasteiger partial charge in [0.15, 0.2) is 18.1 Å². The van der Waals surface area contributed by atoms with Crippen LogP contribution in [-0.2, 0) is 11.3 Å². The van der Waals surface area contributed by atoms with Crippen LogP contribution in [0.1, 0.15) is 12.5 Å². The maximum atomic E-state index is 12.2. The van der Waals surface area contributed by atoms with E-state index in [1.54, 1.807) is 18.0 Å². The van der Waals surface area contributed by atoms with Gasteiger partial charge in [-0.05, 0) is 30.7 Å². The third-order valence-electron chi connectivity index (χ3n) is 3.29. The summed E-state index contributed by atoms with van der Waals surface area (Å²) in [5, 5.41) is 0. The zero-order valence-electron chi connectivity index (χ0n) is 13.3. The summed E-state index contributed by atoms with van der Waals surface area (Å²) in [7, 11) is 1.76. The first-order valence-electron chi connectivity index (χ1n) is 7.43. The SMILES string of the molecule is CCOc1ccccc1OCC(=O)N(C)Cc1ccccc1Br. The minimum absolute atomic E-state index is 0.0228. The molecule has 2 aromatic carbocycles. The molecule has 0 heterocycles. The summed E-state index contributed by atoms with van der Waals surface area (Å²) in [6.07, 6.45) is 0. The number of benzene rings is 2. The summed E-state index contributed by atoms with van der Waals surface area (Å²) < 4.78 is 12.1. The summed E-state index contributed by atoms with van der Waals surface area (Å²) in [4.78, 5) is 13.9. The highest BCUT2D eigenvalue weighted by Gasteiger charge is 2.13. The molecular formula is C18H20BrNO3. The molecule has 0 aliphatic heterocycles. The van der Waals surface area contributed by atoms with E-state index in [1.165, 1.54) is 0 Å². The van der Waals surface area contributed by atoms with Gasteiger partial charge in [0.25, 0.3) is 5.91 Å². The molecule has 1 amide bonds. The van der Waals surface area contributed by atoms with Crippen LogP contribution < -0.4 is 9.47 Å². The van der Waals surface area contributed by atoms with Gasteiger partial charge in [0.1, 0.15) is 0 Å². The molecule has 2 aromatic rings. The van der Waals surface area contributed by atoms with Crippen molar-refractivity contribution in [3.63, 3.8) is 0 Å². The minimum Gasteiger partial charge on any atom is -0.490 e. The van der Waals surface area contributed by atoms with Crippen LogP contribution in [0.2, 0.25) is 0 Å². The molecule has 0 radical (unpaired) electrons. The Morgan fingerprint density at radius 3 is 2.30 bits per heavy atom. The highest BCUT2D eigenvalue weighted by Crippen LogP contribution is 2.26. The van der Waals surface area contributed by atoms with Crippen molar-refractivity contribution in [3.05, 3.63) is 58.6 Å². The number of nitrogens with zero attached hydrogens (tertiary/aromatic N) is 1. The summed E-state index contributed by atoms with van der Waals surface area (Å²) in [5.41, 5.74) is 1.05. The molecule has 0 fully saturated rings. The second-order valence-corrected chi connectivity index (χ2v) is 5.86. The number of amides is 1. The number of rotatable bonds is 7. The third-order valence-corrected chi connectivity index (χ3v) is 4.06. The normalized spacial score (nSPS) is 10.2. The van der Waals surface area contributed by atoms with Crippen LogP contribution >= 0.6 is 15.9 Å².